The van der Waals surface area contributed by atoms with Crippen LogP contribution in [0.4, 0.5) is 11.5 Å². The third-order valence-corrected chi connectivity index (χ3v) is 5.34. The average molecular weight is 397 g/mol. The zero-order valence-electron chi connectivity index (χ0n) is 13.5. The second kappa shape index (κ2) is 8.74. The van der Waals surface area contributed by atoms with Gasteiger partial charge >= 0.3 is 0 Å². The first-order valence-electron chi connectivity index (χ1n) is 8.06. The van der Waals surface area contributed by atoms with Gasteiger partial charge in [-0.1, -0.05) is 35.0 Å². The molecule has 0 unspecified atom stereocenters. The van der Waals surface area contributed by atoms with Crippen LogP contribution in [0.3, 0.4) is 0 Å². The van der Waals surface area contributed by atoms with Gasteiger partial charge in [-0.3, -0.25) is 4.79 Å². The molecule has 8 heteroatoms. The van der Waals surface area contributed by atoms with Gasteiger partial charge in [0.1, 0.15) is 17.2 Å². The molecule has 25 heavy (non-hydrogen) atoms. The molecule has 1 aromatic heterocycles. The van der Waals surface area contributed by atoms with Crippen molar-refractivity contribution in [1.29, 1.82) is 0 Å². The topological polar surface area (TPSA) is 58.1 Å². The van der Waals surface area contributed by atoms with E-state index in [4.69, 9.17) is 23.2 Å². The van der Waals surface area contributed by atoms with Crippen LogP contribution in [-0.2, 0) is 4.79 Å². The third-order valence-electron chi connectivity index (χ3n) is 3.86. The van der Waals surface area contributed by atoms with E-state index in [1.54, 1.807) is 24.5 Å². The summed E-state index contributed by atoms with van der Waals surface area (Å²) in [4.78, 5) is 23.0. The van der Waals surface area contributed by atoms with Crippen molar-refractivity contribution < 1.29 is 4.79 Å². The van der Waals surface area contributed by atoms with Crippen molar-refractivity contribution in [3.8, 4) is 0 Å². The molecule has 1 N–H and O–H groups in total. The van der Waals surface area contributed by atoms with Crippen molar-refractivity contribution in [3.05, 3.63) is 40.6 Å². The Hall–Kier alpha value is -1.50. The Labute approximate surface area is 161 Å². The molecule has 0 aliphatic carbocycles. The minimum absolute atomic E-state index is 0.146. The summed E-state index contributed by atoms with van der Waals surface area (Å²) >= 11 is 13.3. The lowest BCUT2D eigenvalue weighted by molar-refractivity contribution is -0.113. The summed E-state index contributed by atoms with van der Waals surface area (Å²) in [5.74, 6) is 1.03. The molecule has 1 amide bonds. The lowest BCUT2D eigenvalue weighted by Gasteiger charge is -2.27. The second-order valence-corrected chi connectivity index (χ2v) is 7.56. The summed E-state index contributed by atoms with van der Waals surface area (Å²) in [7, 11) is 0. The predicted octanol–water partition coefficient (Wildman–Crippen LogP) is 4.50. The standard InChI is InChI=1S/C17H18Cl2N4OS/c18-12-4-5-14(13(19)8-12)22-16(24)10-25-17-9-15(20-11-21-17)23-6-2-1-3-7-23/h4-5,8-9,11H,1-3,6-7,10H2,(H,22,24). The zero-order valence-corrected chi connectivity index (χ0v) is 15.9. The molecule has 5 nitrogen and oxygen atoms in total. The number of thioether (sulfide) groups is 1. The molecule has 2 aromatic rings. The fraction of sp³-hybridized carbons (Fsp3) is 0.353. The summed E-state index contributed by atoms with van der Waals surface area (Å²) in [5, 5.41) is 4.51. The van der Waals surface area contributed by atoms with Crippen LogP contribution in [-0.4, -0.2) is 34.7 Å². The molecule has 0 atom stereocenters. The highest BCUT2D eigenvalue weighted by molar-refractivity contribution is 7.99. The molecule has 3 rings (SSSR count). The van der Waals surface area contributed by atoms with Crippen LogP contribution in [0.25, 0.3) is 0 Å². The van der Waals surface area contributed by atoms with Crippen molar-refractivity contribution in [1.82, 2.24) is 9.97 Å². The Balaban J connectivity index is 1.56. The van der Waals surface area contributed by atoms with Crippen LogP contribution < -0.4 is 10.2 Å². The number of amides is 1. The molecule has 0 saturated carbocycles. The Morgan fingerprint density at radius 3 is 2.72 bits per heavy atom. The van der Waals surface area contributed by atoms with Crippen molar-refractivity contribution in [2.75, 3.05) is 29.1 Å². The number of hydrogen-bond donors (Lipinski definition) is 1. The maximum absolute atomic E-state index is 12.1. The Morgan fingerprint density at radius 1 is 1.16 bits per heavy atom. The first-order chi connectivity index (χ1) is 12.1. The van der Waals surface area contributed by atoms with Crippen LogP contribution in [0.5, 0.6) is 0 Å². The third kappa shape index (κ3) is 5.23. The van der Waals surface area contributed by atoms with E-state index >= 15 is 0 Å². The summed E-state index contributed by atoms with van der Waals surface area (Å²) in [6, 6.07) is 6.91. The van der Waals surface area contributed by atoms with E-state index in [1.165, 1.54) is 31.0 Å². The Bertz CT molecular complexity index is 753. The number of aromatic nitrogens is 2. The highest BCUT2D eigenvalue weighted by atomic mass is 35.5. The van der Waals surface area contributed by atoms with Crippen molar-refractivity contribution in [2.45, 2.75) is 24.3 Å². The first-order valence-corrected chi connectivity index (χ1v) is 9.81. The number of halogens is 2. The number of benzene rings is 1. The van der Waals surface area contributed by atoms with E-state index in [1.807, 2.05) is 6.07 Å². The Morgan fingerprint density at radius 2 is 1.96 bits per heavy atom. The molecule has 1 aliphatic rings. The number of nitrogens with zero attached hydrogens (tertiary/aromatic N) is 3. The van der Waals surface area contributed by atoms with Crippen LogP contribution in [0.2, 0.25) is 10.0 Å². The van der Waals surface area contributed by atoms with Gasteiger partial charge in [0.25, 0.3) is 0 Å². The number of piperidine rings is 1. The molecule has 1 saturated heterocycles. The number of carbonyl (C=O) groups excluding carboxylic acids is 1. The highest BCUT2D eigenvalue weighted by Gasteiger charge is 2.13. The molecular weight excluding hydrogens is 379 g/mol. The van der Waals surface area contributed by atoms with Crippen LogP contribution >= 0.6 is 35.0 Å². The SMILES string of the molecule is O=C(CSc1cc(N2CCCCC2)ncn1)Nc1ccc(Cl)cc1Cl. The van der Waals surface area contributed by atoms with Crippen LogP contribution in [0, 0.1) is 0 Å². The molecule has 0 radical (unpaired) electrons. The van der Waals surface area contributed by atoms with Gasteiger partial charge in [-0.25, -0.2) is 9.97 Å². The van der Waals surface area contributed by atoms with Gasteiger partial charge < -0.3 is 10.2 Å². The normalized spacial score (nSPS) is 14.4. The quantitative estimate of drug-likeness (QED) is 0.595. The van der Waals surface area contributed by atoms with Gasteiger partial charge in [0.15, 0.2) is 0 Å². The molecular formula is C17H18Cl2N4OS. The molecule has 1 fully saturated rings. The Kier molecular flexibility index (Phi) is 6.39. The van der Waals surface area contributed by atoms with Crippen molar-refractivity contribution >= 4 is 52.4 Å². The molecule has 0 bridgehead atoms. The van der Waals surface area contributed by atoms with E-state index < -0.39 is 0 Å². The lowest BCUT2D eigenvalue weighted by atomic mass is 10.1. The lowest BCUT2D eigenvalue weighted by Crippen LogP contribution is -2.30. The number of anilines is 2. The maximum Gasteiger partial charge on any atom is 0.234 e. The van der Waals surface area contributed by atoms with Crippen molar-refractivity contribution in [2.24, 2.45) is 0 Å². The number of hydrogen-bond acceptors (Lipinski definition) is 5. The van der Waals surface area contributed by atoms with E-state index in [2.05, 4.69) is 20.2 Å². The summed E-state index contributed by atoms with van der Waals surface area (Å²) in [6.45, 7) is 2.05. The van der Waals surface area contributed by atoms with E-state index in [9.17, 15) is 4.79 Å². The summed E-state index contributed by atoms with van der Waals surface area (Å²) in [6.07, 6.45) is 5.21. The van der Waals surface area contributed by atoms with Gasteiger partial charge in [0, 0.05) is 24.2 Å². The van der Waals surface area contributed by atoms with Crippen LogP contribution in [0.1, 0.15) is 19.3 Å². The fourth-order valence-electron chi connectivity index (χ4n) is 2.62. The monoisotopic (exact) mass is 396 g/mol. The van der Waals surface area contributed by atoms with Gasteiger partial charge in [-0.05, 0) is 37.5 Å². The van der Waals surface area contributed by atoms with E-state index in [-0.39, 0.29) is 11.7 Å². The fourth-order valence-corrected chi connectivity index (χ4v) is 3.74. The number of rotatable bonds is 5. The van der Waals surface area contributed by atoms with Crippen LogP contribution in [0.15, 0.2) is 35.6 Å². The molecule has 132 valence electrons. The average Bonchev–Trinajstić information content (AvgIpc) is 2.63. The molecule has 2 heterocycles. The molecule has 1 aliphatic heterocycles. The smallest absolute Gasteiger partial charge is 0.234 e. The molecule has 0 spiro atoms. The highest BCUT2D eigenvalue weighted by Crippen LogP contribution is 2.26. The number of carbonyl (C=O) groups is 1. The zero-order chi connectivity index (χ0) is 17.6. The minimum Gasteiger partial charge on any atom is -0.356 e. The molecule has 1 aromatic carbocycles. The number of nitrogens with one attached hydrogen (secondary N) is 1. The van der Waals surface area contributed by atoms with E-state index in [0.717, 1.165) is 23.9 Å². The van der Waals surface area contributed by atoms with E-state index in [0.29, 0.717) is 15.7 Å². The van der Waals surface area contributed by atoms with Gasteiger partial charge in [0.05, 0.1) is 16.5 Å². The summed E-state index contributed by atoms with van der Waals surface area (Å²) < 4.78 is 0. The first kappa shape index (κ1) is 18.3. The van der Waals surface area contributed by atoms with Crippen molar-refractivity contribution in [3.63, 3.8) is 0 Å². The predicted molar refractivity (Wildman–Crippen MR) is 104 cm³/mol. The van der Waals surface area contributed by atoms with Gasteiger partial charge in [-0.2, -0.15) is 0 Å². The minimum atomic E-state index is -0.146. The maximum atomic E-state index is 12.1. The largest absolute Gasteiger partial charge is 0.356 e. The summed E-state index contributed by atoms with van der Waals surface area (Å²) in [5.41, 5.74) is 0.549. The second-order valence-electron chi connectivity index (χ2n) is 5.72. The van der Waals surface area contributed by atoms with Gasteiger partial charge in [0.2, 0.25) is 5.91 Å². The van der Waals surface area contributed by atoms with Gasteiger partial charge in [-0.15, -0.1) is 0 Å².